The minimum absolute atomic E-state index is 0.0281. The van der Waals surface area contributed by atoms with Crippen molar-refractivity contribution in [1.82, 2.24) is 5.32 Å². The van der Waals surface area contributed by atoms with Crippen LogP contribution in [0.1, 0.15) is 0 Å². The predicted octanol–water partition coefficient (Wildman–Crippen LogP) is -0.0301. The Balaban J connectivity index is 3.28. The average molecular weight is 193 g/mol. The third kappa shape index (κ3) is 5.52. The lowest BCUT2D eigenvalue weighted by Crippen LogP contribution is -2.30. The molecule has 0 atom stereocenters. The van der Waals surface area contributed by atoms with Crippen LogP contribution in [-0.2, 0) is 4.79 Å². The van der Waals surface area contributed by atoms with Gasteiger partial charge in [-0.05, 0) is 0 Å². The number of carbonyl (C=O) groups excluding carboxylic acids is 1. The van der Waals surface area contributed by atoms with Crippen LogP contribution >= 0.6 is 15.9 Å². The zero-order chi connectivity index (χ0) is 7.28. The van der Waals surface area contributed by atoms with Crippen LogP contribution in [0.3, 0.4) is 0 Å². The lowest BCUT2D eigenvalue weighted by atomic mass is 10.5. The van der Waals surface area contributed by atoms with Crippen molar-refractivity contribution in [3.05, 3.63) is 11.1 Å². The Morgan fingerprint density at radius 1 is 1.78 bits per heavy atom. The second-order valence-electron chi connectivity index (χ2n) is 1.50. The number of nitrogens with one attached hydrogen (secondary N) is 1. The zero-order valence-corrected chi connectivity index (χ0v) is 6.57. The van der Waals surface area contributed by atoms with Gasteiger partial charge < -0.3 is 11.1 Å². The van der Waals surface area contributed by atoms with Gasteiger partial charge in [0.05, 0.1) is 6.54 Å². The van der Waals surface area contributed by atoms with E-state index in [0.717, 1.165) is 4.48 Å². The topological polar surface area (TPSA) is 55.1 Å². The van der Waals surface area contributed by atoms with E-state index in [1.165, 1.54) is 0 Å². The summed E-state index contributed by atoms with van der Waals surface area (Å²) in [5, 5.41) is 2.52. The van der Waals surface area contributed by atoms with Gasteiger partial charge in [-0.15, -0.1) is 0 Å². The Bertz CT molecular complexity index is 124. The van der Waals surface area contributed by atoms with Crippen LogP contribution < -0.4 is 11.1 Å². The van der Waals surface area contributed by atoms with E-state index in [2.05, 4.69) is 27.8 Å². The highest BCUT2D eigenvalue weighted by Crippen LogP contribution is 1.95. The number of amides is 1. The van der Waals surface area contributed by atoms with Crippen molar-refractivity contribution in [2.24, 2.45) is 5.73 Å². The molecule has 0 spiro atoms. The molecule has 0 heterocycles. The van der Waals surface area contributed by atoms with Crippen LogP contribution in [-0.4, -0.2) is 19.0 Å². The summed E-state index contributed by atoms with van der Waals surface area (Å²) in [7, 11) is 0. The second kappa shape index (κ2) is 4.52. The molecule has 0 aromatic carbocycles. The predicted molar refractivity (Wildman–Crippen MR) is 40.1 cm³/mol. The van der Waals surface area contributed by atoms with Crippen molar-refractivity contribution in [2.75, 3.05) is 13.1 Å². The molecule has 0 aromatic rings. The largest absolute Gasteiger partial charge is 0.350 e. The first-order chi connectivity index (χ1) is 4.16. The Labute approximate surface area is 62.4 Å². The van der Waals surface area contributed by atoms with Gasteiger partial charge in [-0.1, -0.05) is 22.5 Å². The first kappa shape index (κ1) is 8.65. The quantitative estimate of drug-likeness (QED) is 0.661. The highest BCUT2D eigenvalue weighted by molar-refractivity contribution is 9.11. The molecule has 0 saturated heterocycles. The van der Waals surface area contributed by atoms with E-state index in [-0.39, 0.29) is 12.5 Å². The van der Waals surface area contributed by atoms with Crippen molar-refractivity contribution in [3.8, 4) is 0 Å². The maximum atomic E-state index is 10.4. The molecule has 0 bridgehead atoms. The van der Waals surface area contributed by atoms with Gasteiger partial charge in [0, 0.05) is 11.0 Å². The maximum absolute atomic E-state index is 10.4. The van der Waals surface area contributed by atoms with Crippen LogP contribution in [0.25, 0.3) is 0 Å². The fourth-order valence-corrected chi connectivity index (χ4v) is 0.407. The Morgan fingerprint density at radius 2 is 2.33 bits per heavy atom. The smallest absolute Gasteiger partial charge is 0.234 e. The number of halogens is 1. The summed E-state index contributed by atoms with van der Waals surface area (Å²) in [5.74, 6) is -0.171. The van der Waals surface area contributed by atoms with Crippen molar-refractivity contribution < 1.29 is 4.79 Å². The van der Waals surface area contributed by atoms with E-state index >= 15 is 0 Å². The normalized spacial score (nSPS) is 8.67. The van der Waals surface area contributed by atoms with Gasteiger partial charge >= 0.3 is 0 Å². The summed E-state index contributed by atoms with van der Waals surface area (Å²) in [5.41, 5.74) is 5.00. The third-order valence-corrected chi connectivity index (χ3v) is 0.943. The monoisotopic (exact) mass is 192 g/mol. The average Bonchev–Trinajstić information content (AvgIpc) is 1.83. The minimum atomic E-state index is -0.171. The Hall–Kier alpha value is -0.350. The molecule has 0 fully saturated rings. The SMILES string of the molecule is C=C(Br)CNC(=O)CN. The molecule has 0 rings (SSSR count). The van der Waals surface area contributed by atoms with E-state index in [4.69, 9.17) is 5.73 Å². The molecule has 0 aliphatic rings. The highest BCUT2D eigenvalue weighted by atomic mass is 79.9. The van der Waals surface area contributed by atoms with Gasteiger partial charge in [-0.25, -0.2) is 0 Å². The van der Waals surface area contributed by atoms with E-state index in [1.807, 2.05) is 0 Å². The number of carbonyl (C=O) groups is 1. The van der Waals surface area contributed by atoms with Crippen molar-refractivity contribution in [1.29, 1.82) is 0 Å². The molecule has 0 aliphatic heterocycles. The van der Waals surface area contributed by atoms with Gasteiger partial charge in [0.1, 0.15) is 0 Å². The lowest BCUT2D eigenvalue weighted by molar-refractivity contribution is -0.119. The van der Waals surface area contributed by atoms with Crippen LogP contribution in [0, 0.1) is 0 Å². The van der Waals surface area contributed by atoms with Crippen LogP contribution in [0.15, 0.2) is 11.1 Å². The Kier molecular flexibility index (Phi) is 4.35. The van der Waals surface area contributed by atoms with Gasteiger partial charge in [0.2, 0.25) is 5.91 Å². The molecular formula is C5H9BrN2O. The van der Waals surface area contributed by atoms with E-state index < -0.39 is 0 Å². The summed E-state index contributed by atoms with van der Waals surface area (Å²) in [6.07, 6.45) is 0. The second-order valence-corrected chi connectivity index (χ2v) is 2.62. The van der Waals surface area contributed by atoms with Crippen LogP contribution in [0.4, 0.5) is 0 Å². The molecule has 0 radical (unpaired) electrons. The summed E-state index contributed by atoms with van der Waals surface area (Å²) in [6.45, 7) is 3.99. The van der Waals surface area contributed by atoms with Crippen LogP contribution in [0.5, 0.6) is 0 Å². The first-order valence-electron chi connectivity index (χ1n) is 2.47. The maximum Gasteiger partial charge on any atom is 0.234 e. The molecule has 0 aliphatic carbocycles. The molecule has 3 nitrogen and oxygen atoms in total. The standard InChI is InChI=1S/C5H9BrN2O/c1-4(6)3-8-5(9)2-7/h1-3,7H2,(H,8,9). The van der Waals surface area contributed by atoms with Crippen molar-refractivity contribution in [3.63, 3.8) is 0 Å². The Morgan fingerprint density at radius 3 is 2.67 bits per heavy atom. The molecule has 4 heteroatoms. The number of hydrogen-bond acceptors (Lipinski definition) is 2. The van der Waals surface area contributed by atoms with Gasteiger partial charge in [0.25, 0.3) is 0 Å². The molecule has 1 amide bonds. The van der Waals surface area contributed by atoms with E-state index in [0.29, 0.717) is 6.54 Å². The summed E-state index contributed by atoms with van der Waals surface area (Å²) >= 11 is 3.08. The van der Waals surface area contributed by atoms with Crippen molar-refractivity contribution in [2.45, 2.75) is 0 Å². The molecular weight excluding hydrogens is 184 g/mol. The highest BCUT2D eigenvalue weighted by Gasteiger charge is 1.94. The molecule has 52 valence electrons. The summed E-state index contributed by atoms with van der Waals surface area (Å²) in [4.78, 5) is 10.4. The van der Waals surface area contributed by atoms with Gasteiger partial charge in [-0.2, -0.15) is 0 Å². The van der Waals surface area contributed by atoms with Gasteiger partial charge in [-0.3, -0.25) is 4.79 Å². The fourth-order valence-electron chi connectivity index (χ4n) is 0.267. The molecule has 0 saturated carbocycles. The number of hydrogen-bond donors (Lipinski definition) is 2. The first-order valence-corrected chi connectivity index (χ1v) is 3.26. The van der Waals surface area contributed by atoms with E-state index in [1.54, 1.807) is 0 Å². The fraction of sp³-hybridized carbons (Fsp3) is 0.400. The lowest BCUT2D eigenvalue weighted by Gasteiger charge is -1.98. The van der Waals surface area contributed by atoms with Gasteiger partial charge in [0.15, 0.2) is 0 Å². The number of rotatable bonds is 3. The van der Waals surface area contributed by atoms with Crippen molar-refractivity contribution >= 4 is 21.8 Å². The molecule has 0 aromatic heterocycles. The third-order valence-electron chi connectivity index (χ3n) is 0.663. The zero-order valence-electron chi connectivity index (χ0n) is 4.98. The minimum Gasteiger partial charge on any atom is -0.350 e. The summed E-state index contributed by atoms with van der Waals surface area (Å²) in [6, 6.07) is 0. The van der Waals surface area contributed by atoms with Crippen LogP contribution in [0.2, 0.25) is 0 Å². The number of nitrogens with two attached hydrogens (primary N) is 1. The van der Waals surface area contributed by atoms with E-state index in [9.17, 15) is 4.79 Å². The molecule has 0 unspecified atom stereocenters. The molecule has 9 heavy (non-hydrogen) atoms. The summed E-state index contributed by atoms with van der Waals surface area (Å²) < 4.78 is 0.740. The molecule has 3 N–H and O–H groups in total.